The Morgan fingerprint density at radius 1 is 1.50 bits per heavy atom. The highest BCUT2D eigenvalue weighted by molar-refractivity contribution is 5.79. The van der Waals surface area contributed by atoms with E-state index in [2.05, 4.69) is 10.5 Å². The molecule has 0 amide bonds. The molecule has 3 nitrogen and oxygen atoms in total. The quantitative estimate of drug-likeness (QED) is 0.842. The smallest absolute Gasteiger partial charge is 0.167 e. The standard InChI is InChI=1S/C12H13FN2O/c13-9-1-2-12-10(6-9)11(15-16-12)5-8-3-4-14-7-8/h1-2,6,8,14H,3-5,7H2. The first kappa shape index (κ1) is 9.78. The Labute approximate surface area is 92.6 Å². The lowest BCUT2D eigenvalue weighted by atomic mass is 10.0. The summed E-state index contributed by atoms with van der Waals surface area (Å²) in [7, 11) is 0. The van der Waals surface area contributed by atoms with Crippen molar-refractivity contribution in [2.75, 3.05) is 13.1 Å². The van der Waals surface area contributed by atoms with Crippen molar-refractivity contribution in [3.8, 4) is 0 Å². The first-order valence-electron chi connectivity index (χ1n) is 5.57. The van der Waals surface area contributed by atoms with Gasteiger partial charge in [0.1, 0.15) is 5.82 Å². The highest BCUT2D eigenvalue weighted by atomic mass is 19.1. The molecule has 4 heteroatoms. The van der Waals surface area contributed by atoms with Crippen molar-refractivity contribution in [2.24, 2.45) is 5.92 Å². The molecule has 2 heterocycles. The molecule has 1 unspecified atom stereocenters. The zero-order chi connectivity index (χ0) is 11.0. The molecular formula is C12H13FN2O. The number of fused-ring (bicyclic) bond motifs is 1. The van der Waals surface area contributed by atoms with Crippen LogP contribution in [-0.4, -0.2) is 18.2 Å². The average molecular weight is 220 g/mol. The third-order valence-corrected chi connectivity index (χ3v) is 3.15. The van der Waals surface area contributed by atoms with Crippen LogP contribution < -0.4 is 5.32 Å². The summed E-state index contributed by atoms with van der Waals surface area (Å²) in [6.45, 7) is 2.08. The summed E-state index contributed by atoms with van der Waals surface area (Å²) in [6, 6.07) is 4.53. The van der Waals surface area contributed by atoms with Gasteiger partial charge in [-0.05, 0) is 50.0 Å². The van der Waals surface area contributed by atoms with Crippen LogP contribution in [0.5, 0.6) is 0 Å². The van der Waals surface area contributed by atoms with Crippen molar-refractivity contribution in [1.29, 1.82) is 0 Å². The second kappa shape index (κ2) is 3.87. The molecule has 0 saturated carbocycles. The molecule has 1 aromatic carbocycles. The number of hydrogen-bond acceptors (Lipinski definition) is 3. The number of benzene rings is 1. The molecule has 2 aromatic rings. The number of halogens is 1. The van der Waals surface area contributed by atoms with Crippen molar-refractivity contribution in [2.45, 2.75) is 12.8 Å². The van der Waals surface area contributed by atoms with Crippen molar-refractivity contribution in [1.82, 2.24) is 10.5 Å². The van der Waals surface area contributed by atoms with E-state index in [1.807, 2.05) is 0 Å². The lowest BCUT2D eigenvalue weighted by molar-refractivity contribution is 0.435. The largest absolute Gasteiger partial charge is 0.356 e. The highest BCUT2D eigenvalue weighted by Crippen LogP contribution is 2.23. The lowest BCUT2D eigenvalue weighted by Crippen LogP contribution is -2.10. The number of rotatable bonds is 2. The van der Waals surface area contributed by atoms with Gasteiger partial charge in [-0.2, -0.15) is 0 Å². The summed E-state index contributed by atoms with van der Waals surface area (Å²) < 4.78 is 18.3. The van der Waals surface area contributed by atoms with Gasteiger partial charge < -0.3 is 9.84 Å². The van der Waals surface area contributed by atoms with Crippen LogP contribution in [0, 0.1) is 11.7 Å². The molecule has 1 N–H and O–H groups in total. The van der Waals surface area contributed by atoms with Gasteiger partial charge in [-0.15, -0.1) is 0 Å². The number of aromatic nitrogens is 1. The molecule has 1 aliphatic heterocycles. The SMILES string of the molecule is Fc1ccc2onc(CC3CCNC3)c2c1. The minimum atomic E-state index is -0.235. The fourth-order valence-electron chi connectivity index (χ4n) is 2.27. The second-order valence-electron chi connectivity index (χ2n) is 4.33. The van der Waals surface area contributed by atoms with E-state index in [1.165, 1.54) is 12.1 Å². The van der Waals surface area contributed by atoms with E-state index >= 15 is 0 Å². The Morgan fingerprint density at radius 2 is 2.44 bits per heavy atom. The molecular weight excluding hydrogens is 207 g/mol. The average Bonchev–Trinajstić information content (AvgIpc) is 2.90. The first-order chi connectivity index (χ1) is 7.83. The summed E-state index contributed by atoms with van der Waals surface area (Å²) in [5, 5.41) is 8.15. The van der Waals surface area contributed by atoms with E-state index < -0.39 is 0 Å². The summed E-state index contributed by atoms with van der Waals surface area (Å²) in [4.78, 5) is 0. The maximum absolute atomic E-state index is 13.1. The molecule has 1 saturated heterocycles. The maximum atomic E-state index is 13.1. The van der Waals surface area contributed by atoms with Gasteiger partial charge in [0, 0.05) is 5.39 Å². The van der Waals surface area contributed by atoms with Crippen molar-refractivity contribution < 1.29 is 8.91 Å². The van der Waals surface area contributed by atoms with Crippen molar-refractivity contribution in [3.05, 3.63) is 29.7 Å². The van der Waals surface area contributed by atoms with Crippen LogP contribution in [0.2, 0.25) is 0 Å². The molecule has 1 aliphatic rings. The molecule has 0 aliphatic carbocycles. The zero-order valence-electron chi connectivity index (χ0n) is 8.87. The highest BCUT2D eigenvalue weighted by Gasteiger charge is 2.18. The first-order valence-corrected chi connectivity index (χ1v) is 5.57. The Morgan fingerprint density at radius 3 is 3.25 bits per heavy atom. The molecule has 1 atom stereocenters. The topological polar surface area (TPSA) is 38.1 Å². The lowest BCUT2D eigenvalue weighted by Gasteiger charge is -2.04. The Balaban J connectivity index is 1.93. The molecule has 0 spiro atoms. The maximum Gasteiger partial charge on any atom is 0.167 e. The van der Waals surface area contributed by atoms with E-state index in [1.54, 1.807) is 6.07 Å². The second-order valence-corrected chi connectivity index (χ2v) is 4.33. The minimum absolute atomic E-state index is 0.235. The summed E-state index contributed by atoms with van der Waals surface area (Å²) in [5.41, 5.74) is 1.55. The van der Waals surface area contributed by atoms with E-state index in [-0.39, 0.29) is 5.82 Å². The van der Waals surface area contributed by atoms with E-state index in [9.17, 15) is 4.39 Å². The van der Waals surface area contributed by atoms with Crippen LogP contribution in [0.4, 0.5) is 4.39 Å². The van der Waals surface area contributed by atoms with Crippen LogP contribution in [0.1, 0.15) is 12.1 Å². The van der Waals surface area contributed by atoms with E-state index in [0.29, 0.717) is 11.5 Å². The summed E-state index contributed by atoms with van der Waals surface area (Å²) >= 11 is 0. The molecule has 84 valence electrons. The third kappa shape index (κ3) is 1.69. The van der Waals surface area contributed by atoms with Gasteiger partial charge in [0.15, 0.2) is 5.58 Å². The molecule has 1 fully saturated rings. The van der Waals surface area contributed by atoms with Crippen LogP contribution in [0.3, 0.4) is 0 Å². The number of nitrogens with one attached hydrogen (secondary N) is 1. The summed E-state index contributed by atoms with van der Waals surface area (Å²) in [6.07, 6.45) is 2.02. The number of hydrogen-bond donors (Lipinski definition) is 1. The van der Waals surface area contributed by atoms with E-state index in [0.717, 1.165) is 37.0 Å². The molecule has 3 rings (SSSR count). The summed E-state index contributed by atoms with van der Waals surface area (Å²) in [5.74, 6) is 0.359. The predicted octanol–water partition coefficient (Wildman–Crippen LogP) is 2.12. The Bertz CT molecular complexity index is 503. The van der Waals surface area contributed by atoms with Gasteiger partial charge in [-0.25, -0.2) is 4.39 Å². The molecule has 0 radical (unpaired) electrons. The molecule has 16 heavy (non-hydrogen) atoms. The van der Waals surface area contributed by atoms with Gasteiger partial charge in [0.2, 0.25) is 0 Å². The van der Waals surface area contributed by atoms with Crippen molar-refractivity contribution in [3.63, 3.8) is 0 Å². The monoisotopic (exact) mass is 220 g/mol. The van der Waals surface area contributed by atoms with Crippen LogP contribution in [0.15, 0.2) is 22.7 Å². The van der Waals surface area contributed by atoms with Gasteiger partial charge in [0.05, 0.1) is 5.69 Å². The Kier molecular flexibility index (Phi) is 2.36. The van der Waals surface area contributed by atoms with Crippen LogP contribution in [0.25, 0.3) is 11.0 Å². The number of nitrogens with zero attached hydrogens (tertiary/aromatic N) is 1. The zero-order valence-corrected chi connectivity index (χ0v) is 8.87. The van der Waals surface area contributed by atoms with Gasteiger partial charge in [-0.3, -0.25) is 0 Å². The normalized spacial score (nSPS) is 20.7. The predicted molar refractivity (Wildman–Crippen MR) is 58.6 cm³/mol. The minimum Gasteiger partial charge on any atom is -0.356 e. The van der Waals surface area contributed by atoms with Crippen LogP contribution in [-0.2, 0) is 6.42 Å². The fraction of sp³-hybridized carbons (Fsp3) is 0.417. The van der Waals surface area contributed by atoms with Crippen molar-refractivity contribution >= 4 is 11.0 Å². The Hall–Kier alpha value is -1.42. The van der Waals surface area contributed by atoms with Crippen LogP contribution >= 0.6 is 0 Å². The third-order valence-electron chi connectivity index (χ3n) is 3.15. The van der Waals surface area contributed by atoms with Gasteiger partial charge in [-0.1, -0.05) is 5.16 Å². The van der Waals surface area contributed by atoms with Gasteiger partial charge >= 0.3 is 0 Å². The molecule has 0 bridgehead atoms. The molecule has 1 aromatic heterocycles. The fourth-order valence-corrected chi connectivity index (χ4v) is 2.27. The van der Waals surface area contributed by atoms with E-state index in [4.69, 9.17) is 4.52 Å². The van der Waals surface area contributed by atoms with Gasteiger partial charge in [0.25, 0.3) is 0 Å².